The molecule has 1 heterocycles. The van der Waals surface area contributed by atoms with Crippen LogP contribution >= 0.6 is 0 Å². The summed E-state index contributed by atoms with van der Waals surface area (Å²) in [7, 11) is 3.71. The Bertz CT molecular complexity index is 504. The predicted molar refractivity (Wildman–Crippen MR) is 76.3 cm³/mol. The van der Waals surface area contributed by atoms with E-state index in [4.69, 9.17) is 4.74 Å². The number of hydrogen-bond acceptors (Lipinski definition) is 3. The number of rotatable bonds is 6. The van der Waals surface area contributed by atoms with Crippen molar-refractivity contribution < 1.29 is 4.74 Å². The van der Waals surface area contributed by atoms with E-state index >= 15 is 0 Å². The maximum atomic E-state index is 5.18. The fraction of sp³-hybridized carbons (Fsp3) is 0.400. The lowest BCUT2D eigenvalue weighted by atomic mass is 10.1. The van der Waals surface area contributed by atoms with Crippen LogP contribution in [0.15, 0.2) is 36.7 Å². The highest BCUT2D eigenvalue weighted by molar-refractivity contribution is 5.28. The van der Waals surface area contributed by atoms with Crippen LogP contribution in [-0.2, 0) is 13.5 Å². The van der Waals surface area contributed by atoms with Crippen LogP contribution in [0, 0.1) is 0 Å². The van der Waals surface area contributed by atoms with Crippen LogP contribution in [0.3, 0.4) is 0 Å². The molecule has 1 unspecified atom stereocenters. The zero-order chi connectivity index (χ0) is 13.7. The summed E-state index contributed by atoms with van der Waals surface area (Å²) >= 11 is 0. The van der Waals surface area contributed by atoms with E-state index in [1.807, 2.05) is 31.6 Å². The Labute approximate surface area is 114 Å². The number of nitrogens with one attached hydrogen (secondary N) is 1. The van der Waals surface area contributed by atoms with Gasteiger partial charge in [-0.25, -0.2) is 4.98 Å². The summed E-state index contributed by atoms with van der Waals surface area (Å²) in [4.78, 5) is 4.44. The average Bonchev–Trinajstić information content (AvgIpc) is 2.85. The minimum absolute atomic E-state index is 0.235. The van der Waals surface area contributed by atoms with Gasteiger partial charge in [-0.2, -0.15) is 0 Å². The molecule has 4 heteroatoms. The van der Waals surface area contributed by atoms with Crippen LogP contribution in [0.1, 0.15) is 24.4 Å². The van der Waals surface area contributed by atoms with E-state index in [1.54, 1.807) is 7.11 Å². The molecule has 1 aromatic carbocycles. The van der Waals surface area contributed by atoms with Crippen LogP contribution in [-0.4, -0.2) is 23.2 Å². The molecule has 0 aliphatic heterocycles. The predicted octanol–water partition coefficient (Wildman–Crippen LogP) is 2.32. The maximum Gasteiger partial charge on any atom is 0.125 e. The van der Waals surface area contributed by atoms with E-state index in [0.29, 0.717) is 0 Å². The number of likely N-dealkylation sites (N-methyl/N-ethyl adjacent to an activating group) is 1. The van der Waals surface area contributed by atoms with E-state index in [0.717, 1.165) is 24.5 Å². The lowest BCUT2D eigenvalue weighted by Crippen LogP contribution is -2.25. The second-order valence-corrected chi connectivity index (χ2v) is 4.56. The Morgan fingerprint density at radius 2 is 2.05 bits per heavy atom. The second kappa shape index (κ2) is 6.38. The van der Waals surface area contributed by atoms with E-state index < -0.39 is 0 Å². The fourth-order valence-electron chi connectivity index (χ4n) is 2.21. The molecule has 2 rings (SSSR count). The molecule has 1 aromatic heterocycles. The van der Waals surface area contributed by atoms with Crippen LogP contribution in [0.25, 0.3) is 0 Å². The lowest BCUT2D eigenvalue weighted by Gasteiger charge is -2.18. The molecule has 0 aliphatic carbocycles. The number of hydrogen-bond donors (Lipinski definition) is 1. The van der Waals surface area contributed by atoms with Crippen LogP contribution in [0.4, 0.5) is 0 Å². The van der Waals surface area contributed by atoms with Crippen molar-refractivity contribution in [2.75, 3.05) is 13.7 Å². The third-order valence-corrected chi connectivity index (χ3v) is 3.22. The molecule has 1 atom stereocenters. The van der Waals surface area contributed by atoms with Crippen molar-refractivity contribution in [1.82, 2.24) is 14.9 Å². The van der Waals surface area contributed by atoms with Crippen molar-refractivity contribution in [2.24, 2.45) is 7.05 Å². The van der Waals surface area contributed by atoms with Crippen LogP contribution in [0.2, 0.25) is 0 Å². The van der Waals surface area contributed by atoms with Crippen LogP contribution in [0.5, 0.6) is 5.75 Å². The molecule has 102 valence electrons. The highest BCUT2D eigenvalue weighted by Gasteiger charge is 2.15. The smallest absolute Gasteiger partial charge is 0.125 e. The molecular weight excluding hydrogens is 238 g/mol. The van der Waals surface area contributed by atoms with E-state index in [9.17, 15) is 0 Å². The summed E-state index contributed by atoms with van der Waals surface area (Å²) in [5.74, 6) is 1.96. The van der Waals surface area contributed by atoms with Crippen molar-refractivity contribution in [1.29, 1.82) is 0 Å². The Hall–Kier alpha value is -1.81. The van der Waals surface area contributed by atoms with Gasteiger partial charge in [0.2, 0.25) is 0 Å². The van der Waals surface area contributed by atoms with Crippen LogP contribution < -0.4 is 10.1 Å². The summed E-state index contributed by atoms with van der Waals surface area (Å²) < 4.78 is 7.25. The van der Waals surface area contributed by atoms with Gasteiger partial charge in [-0.05, 0) is 30.7 Å². The Kier molecular flexibility index (Phi) is 4.58. The summed E-state index contributed by atoms with van der Waals surface area (Å²) in [6, 6.07) is 8.43. The van der Waals surface area contributed by atoms with Crippen molar-refractivity contribution in [3.05, 3.63) is 48.0 Å². The summed E-state index contributed by atoms with van der Waals surface area (Å²) in [5.41, 5.74) is 1.27. The van der Waals surface area contributed by atoms with E-state index in [-0.39, 0.29) is 6.04 Å². The van der Waals surface area contributed by atoms with Crippen molar-refractivity contribution >= 4 is 0 Å². The van der Waals surface area contributed by atoms with Crippen molar-refractivity contribution in [2.45, 2.75) is 19.4 Å². The molecule has 2 aromatic rings. The van der Waals surface area contributed by atoms with Gasteiger partial charge < -0.3 is 14.6 Å². The molecule has 19 heavy (non-hydrogen) atoms. The maximum absolute atomic E-state index is 5.18. The number of imidazole rings is 1. The largest absolute Gasteiger partial charge is 0.497 e. The molecular formula is C15H21N3O. The number of ether oxygens (including phenoxy) is 1. The first-order valence-corrected chi connectivity index (χ1v) is 6.58. The number of aromatic nitrogens is 2. The molecule has 0 spiro atoms. The van der Waals surface area contributed by atoms with Crippen molar-refractivity contribution in [3.8, 4) is 5.75 Å². The monoisotopic (exact) mass is 259 g/mol. The first kappa shape index (κ1) is 13.6. The van der Waals surface area contributed by atoms with Gasteiger partial charge in [-0.3, -0.25) is 0 Å². The Balaban J connectivity index is 2.14. The topological polar surface area (TPSA) is 39.1 Å². The molecule has 1 N–H and O–H groups in total. The van der Waals surface area contributed by atoms with Crippen molar-refractivity contribution in [3.63, 3.8) is 0 Å². The molecule has 0 aliphatic rings. The SMILES string of the molecule is CCNC(Cc1ccc(OC)cc1)c1nccn1C. The molecule has 0 fully saturated rings. The minimum atomic E-state index is 0.235. The van der Waals surface area contributed by atoms with Gasteiger partial charge in [0, 0.05) is 19.4 Å². The zero-order valence-electron chi connectivity index (χ0n) is 11.8. The molecule has 0 amide bonds. The summed E-state index contributed by atoms with van der Waals surface area (Å²) in [6.07, 6.45) is 4.74. The molecule has 0 saturated carbocycles. The first-order valence-electron chi connectivity index (χ1n) is 6.58. The number of aryl methyl sites for hydroxylation is 1. The third-order valence-electron chi connectivity index (χ3n) is 3.22. The standard InChI is InChI=1S/C15H21N3O/c1-4-16-14(15-17-9-10-18(15)2)11-12-5-7-13(19-3)8-6-12/h5-10,14,16H,4,11H2,1-3H3. The number of benzene rings is 1. The number of nitrogens with zero attached hydrogens (tertiary/aromatic N) is 2. The Morgan fingerprint density at radius 3 is 2.58 bits per heavy atom. The average molecular weight is 259 g/mol. The van der Waals surface area contributed by atoms with E-state index in [2.05, 4.69) is 33.9 Å². The zero-order valence-corrected chi connectivity index (χ0v) is 11.8. The van der Waals surface area contributed by atoms with Gasteiger partial charge >= 0.3 is 0 Å². The van der Waals surface area contributed by atoms with Gasteiger partial charge in [0.05, 0.1) is 13.2 Å². The minimum Gasteiger partial charge on any atom is -0.497 e. The second-order valence-electron chi connectivity index (χ2n) is 4.56. The van der Waals surface area contributed by atoms with E-state index in [1.165, 1.54) is 5.56 Å². The van der Waals surface area contributed by atoms with Gasteiger partial charge in [-0.15, -0.1) is 0 Å². The van der Waals surface area contributed by atoms with Gasteiger partial charge in [0.15, 0.2) is 0 Å². The highest BCUT2D eigenvalue weighted by atomic mass is 16.5. The number of methoxy groups -OCH3 is 1. The highest BCUT2D eigenvalue weighted by Crippen LogP contribution is 2.19. The van der Waals surface area contributed by atoms with Gasteiger partial charge in [-0.1, -0.05) is 19.1 Å². The quantitative estimate of drug-likeness (QED) is 0.865. The normalized spacial score (nSPS) is 12.4. The molecule has 4 nitrogen and oxygen atoms in total. The fourth-order valence-corrected chi connectivity index (χ4v) is 2.21. The lowest BCUT2D eigenvalue weighted by molar-refractivity contribution is 0.414. The summed E-state index contributed by atoms with van der Waals surface area (Å²) in [5, 5.41) is 3.49. The molecule has 0 bridgehead atoms. The van der Waals surface area contributed by atoms with Gasteiger partial charge in [0.1, 0.15) is 11.6 Å². The first-order chi connectivity index (χ1) is 9.24. The van der Waals surface area contributed by atoms with Gasteiger partial charge in [0.25, 0.3) is 0 Å². The third kappa shape index (κ3) is 3.35. The molecule has 0 radical (unpaired) electrons. The Morgan fingerprint density at radius 1 is 1.32 bits per heavy atom. The molecule has 0 saturated heterocycles. The summed E-state index contributed by atoms with van der Waals surface area (Å²) in [6.45, 7) is 3.04.